The van der Waals surface area contributed by atoms with Gasteiger partial charge in [-0.3, -0.25) is 4.68 Å². The smallest absolute Gasteiger partial charge is 0.416 e. The summed E-state index contributed by atoms with van der Waals surface area (Å²) in [4.78, 5) is 15.4. The quantitative estimate of drug-likeness (QED) is 0.483. The molecular formula is C17H11F6N3O2. The van der Waals surface area contributed by atoms with Crippen molar-refractivity contribution in [2.45, 2.75) is 18.9 Å². The maximum atomic E-state index is 13.3. The van der Waals surface area contributed by atoms with E-state index in [1.807, 2.05) is 0 Å². The van der Waals surface area contributed by atoms with Crippen molar-refractivity contribution in [2.24, 2.45) is 0 Å². The Morgan fingerprint density at radius 3 is 2.39 bits per heavy atom. The molecule has 0 amide bonds. The van der Waals surface area contributed by atoms with Crippen molar-refractivity contribution >= 4 is 16.9 Å². The van der Waals surface area contributed by atoms with Crippen LogP contribution in [0.3, 0.4) is 0 Å². The summed E-state index contributed by atoms with van der Waals surface area (Å²) in [5.74, 6) is -0.697. The van der Waals surface area contributed by atoms with Crippen LogP contribution in [0.5, 0.6) is 0 Å². The summed E-state index contributed by atoms with van der Waals surface area (Å²) in [6.07, 6.45) is -7.34. The average Bonchev–Trinajstić information content (AvgIpc) is 3.01. The summed E-state index contributed by atoms with van der Waals surface area (Å²) in [6, 6.07) is 2.79. The lowest BCUT2D eigenvalue weighted by Crippen LogP contribution is -2.15. The predicted molar refractivity (Wildman–Crippen MR) is 84.4 cm³/mol. The van der Waals surface area contributed by atoms with E-state index < -0.39 is 36.0 Å². The second-order valence-electron chi connectivity index (χ2n) is 5.79. The standard InChI is InChI=1S/C17H11F6N3O2/c1-28-15(27)13-4-10-6-25-26(14(10)7-24-13)8-9-2-3-11(16(18,19)20)5-12(9)17(21,22)23/h2-7H,8H2,1H3. The average molecular weight is 403 g/mol. The zero-order valence-corrected chi connectivity index (χ0v) is 14.1. The molecule has 2 heterocycles. The zero-order valence-electron chi connectivity index (χ0n) is 14.1. The van der Waals surface area contributed by atoms with Gasteiger partial charge in [0.2, 0.25) is 0 Å². The summed E-state index contributed by atoms with van der Waals surface area (Å²) in [5.41, 5.74) is -2.88. The van der Waals surface area contributed by atoms with Crippen LogP contribution in [0.15, 0.2) is 36.7 Å². The molecule has 1 aromatic carbocycles. The minimum absolute atomic E-state index is 0.0138. The third kappa shape index (κ3) is 3.78. The zero-order chi connectivity index (χ0) is 20.7. The van der Waals surface area contributed by atoms with Gasteiger partial charge < -0.3 is 4.74 Å². The number of carbonyl (C=O) groups excluding carboxylic acids is 1. The number of aromatic nitrogens is 3. The number of fused-ring (bicyclic) bond motifs is 1. The molecule has 2 aromatic heterocycles. The molecule has 5 nitrogen and oxygen atoms in total. The topological polar surface area (TPSA) is 57.0 Å². The van der Waals surface area contributed by atoms with Gasteiger partial charge in [0.25, 0.3) is 0 Å². The highest BCUT2D eigenvalue weighted by Crippen LogP contribution is 2.37. The molecule has 28 heavy (non-hydrogen) atoms. The molecule has 0 aliphatic heterocycles. The van der Waals surface area contributed by atoms with Gasteiger partial charge in [-0.15, -0.1) is 0 Å². The molecule has 0 bridgehead atoms. The van der Waals surface area contributed by atoms with Gasteiger partial charge in [0.1, 0.15) is 5.69 Å². The number of methoxy groups -OCH3 is 1. The van der Waals surface area contributed by atoms with Crippen molar-refractivity contribution in [1.82, 2.24) is 14.8 Å². The summed E-state index contributed by atoms with van der Waals surface area (Å²) < 4.78 is 83.8. The molecule has 0 saturated carbocycles. The number of pyridine rings is 1. The third-order valence-electron chi connectivity index (χ3n) is 3.99. The molecular weight excluding hydrogens is 392 g/mol. The fourth-order valence-electron chi connectivity index (χ4n) is 2.63. The van der Waals surface area contributed by atoms with E-state index in [9.17, 15) is 31.1 Å². The number of rotatable bonds is 3. The van der Waals surface area contributed by atoms with Crippen LogP contribution in [0.25, 0.3) is 10.9 Å². The lowest BCUT2D eigenvalue weighted by atomic mass is 10.0. The van der Waals surface area contributed by atoms with Gasteiger partial charge in [0.15, 0.2) is 0 Å². The molecule has 0 atom stereocenters. The van der Waals surface area contributed by atoms with E-state index in [2.05, 4.69) is 14.8 Å². The molecule has 0 radical (unpaired) electrons. The van der Waals surface area contributed by atoms with Gasteiger partial charge in [-0.2, -0.15) is 31.4 Å². The highest BCUT2D eigenvalue weighted by Gasteiger charge is 2.38. The van der Waals surface area contributed by atoms with Gasteiger partial charge >= 0.3 is 18.3 Å². The minimum atomic E-state index is -4.98. The van der Waals surface area contributed by atoms with E-state index in [1.54, 1.807) is 0 Å². The van der Waals surface area contributed by atoms with Crippen LogP contribution in [0.1, 0.15) is 27.2 Å². The lowest BCUT2D eigenvalue weighted by Gasteiger charge is -2.16. The van der Waals surface area contributed by atoms with Crippen LogP contribution in [0.4, 0.5) is 26.3 Å². The highest BCUT2D eigenvalue weighted by atomic mass is 19.4. The number of carbonyl (C=O) groups is 1. The number of ether oxygens (including phenoxy) is 1. The number of esters is 1. The molecule has 0 N–H and O–H groups in total. The van der Waals surface area contributed by atoms with Gasteiger partial charge in [0, 0.05) is 5.39 Å². The van der Waals surface area contributed by atoms with Crippen molar-refractivity contribution in [3.63, 3.8) is 0 Å². The van der Waals surface area contributed by atoms with Gasteiger partial charge in [-0.1, -0.05) is 6.07 Å². The summed E-state index contributed by atoms with van der Waals surface area (Å²) in [5, 5.41) is 4.36. The molecule has 3 rings (SSSR count). The molecule has 3 aromatic rings. The second-order valence-corrected chi connectivity index (χ2v) is 5.79. The molecule has 0 aliphatic carbocycles. The van der Waals surface area contributed by atoms with E-state index >= 15 is 0 Å². The number of halogens is 6. The van der Waals surface area contributed by atoms with Crippen LogP contribution in [0.2, 0.25) is 0 Å². The monoisotopic (exact) mass is 403 g/mol. The van der Waals surface area contributed by atoms with Gasteiger partial charge in [-0.25, -0.2) is 9.78 Å². The Kier molecular flexibility index (Phi) is 4.77. The second kappa shape index (κ2) is 6.80. The van der Waals surface area contributed by atoms with Crippen molar-refractivity contribution in [2.75, 3.05) is 7.11 Å². The van der Waals surface area contributed by atoms with Gasteiger partial charge in [0.05, 0.1) is 42.7 Å². The Morgan fingerprint density at radius 2 is 1.79 bits per heavy atom. The number of nitrogens with zero attached hydrogens (tertiary/aromatic N) is 3. The predicted octanol–water partition coefficient (Wildman–Crippen LogP) is 4.30. The van der Waals surface area contributed by atoms with Crippen molar-refractivity contribution in [1.29, 1.82) is 0 Å². The number of hydrogen-bond donors (Lipinski definition) is 0. The summed E-state index contributed by atoms with van der Waals surface area (Å²) >= 11 is 0. The molecule has 0 fully saturated rings. The van der Waals surface area contributed by atoms with Crippen LogP contribution in [-0.2, 0) is 23.6 Å². The minimum Gasteiger partial charge on any atom is -0.464 e. The summed E-state index contributed by atoms with van der Waals surface area (Å²) in [6.45, 7) is -0.435. The molecule has 148 valence electrons. The van der Waals surface area contributed by atoms with Crippen LogP contribution < -0.4 is 0 Å². The Balaban J connectivity index is 2.03. The Labute approximate surface area is 153 Å². The first kappa shape index (κ1) is 19.6. The number of benzene rings is 1. The number of alkyl halides is 6. The fraction of sp³-hybridized carbons (Fsp3) is 0.235. The van der Waals surface area contributed by atoms with E-state index in [1.165, 1.54) is 25.6 Å². The third-order valence-corrected chi connectivity index (χ3v) is 3.99. The van der Waals surface area contributed by atoms with E-state index in [4.69, 9.17) is 0 Å². The van der Waals surface area contributed by atoms with E-state index in [0.29, 0.717) is 17.0 Å². The SMILES string of the molecule is COC(=O)c1cc2cnn(Cc3ccc(C(F)(F)F)cc3C(F)(F)F)c2cn1. The fourth-order valence-corrected chi connectivity index (χ4v) is 2.63. The highest BCUT2D eigenvalue weighted by molar-refractivity contribution is 5.91. The molecule has 0 spiro atoms. The molecule has 0 saturated heterocycles. The molecule has 0 aliphatic rings. The first-order valence-electron chi connectivity index (χ1n) is 7.68. The van der Waals surface area contributed by atoms with Crippen molar-refractivity contribution in [3.05, 3.63) is 59.0 Å². The largest absolute Gasteiger partial charge is 0.464 e. The van der Waals surface area contributed by atoms with E-state index in [-0.39, 0.29) is 17.3 Å². The van der Waals surface area contributed by atoms with Gasteiger partial charge in [-0.05, 0) is 23.8 Å². The van der Waals surface area contributed by atoms with Crippen LogP contribution in [-0.4, -0.2) is 27.8 Å². The van der Waals surface area contributed by atoms with Crippen LogP contribution >= 0.6 is 0 Å². The maximum Gasteiger partial charge on any atom is 0.416 e. The Bertz CT molecular complexity index is 1040. The summed E-state index contributed by atoms with van der Waals surface area (Å²) in [7, 11) is 1.17. The van der Waals surface area contributed by atoms with E-state index in [0.717, 1.165) is 10.7 Å². The van der Waals surface area contributed by atoms with Crippen LogP contribution in [0, 0.1) is 0 Å². The first-order valence-corrected chi connectivity index (χ1v) is 7.68. The molecule has 0 unspecified atom stereocenters. The normalized spacial score (nSPS) is 12.4. The first-order chi connectivity index (χ1) is 13.0. The molecule has 11 heteroatoms. The maximum absolute atomic E-state index is 13.3. The lowest BCUT2D eigenvalue weighted by molar-refractivity contribution is -0.143. The Hall–Kier alpha value is -3.11. The Morgan fingerprint density at radius 1 is 1.07 bits per heavy atom. The van der Waals surface area contributed by atoms with Crippen molar-refractivity contribution in [3.8, 4) is 0 Å². The number of hydrogen-bond acceptors (Lipinski definition) is 4. The van der Waals surface area contributed by atoms with Crippen molar-refractivity contribution < 1.29 is 35.9 Å².